The zero-order valence-electron chi connectivity index (χ0n) is 20.9. The van der Waals surface area contributed by atoms with E-state index in [0.717, 1.165) is 19.3 Å². The Morgan fingerprint density at radius 1 is 1.15 bits per heavy atom. The molecule has 0 aromatic rings. The first-order valence-electron chi connectivity index (χ1n) is 12.2. The van der Waals surface area contributed by atoms with Gasteiger partial charge in [-0.25, -0.2) is 9.59 Å². The molecule has 0 aliphatic carbocycles. The number of likely N-dealkylation sites (tertiary alicyclic amines) is 2. The number of rotatable bonds is 9. The van der Waals surface area contributed by atoms with Gasteiger partial charge < -0.3 is 24.6 Å². The molecule has 2 fully saturated rings. The zero-order chi connectivity index (χ0) is 25.3. The van der Waals surface area contributed by atoms with E-state index in [4.69, 9.17) is 15.9 Å². The van der Waals surface area contributed by atoms with Crippen LogP contribution in [0.15, 0.2) is 0 Å². The van der Waals surface area contributed by atoms with Gasteiger partial charge in [-0.05, 0) is 59.3 Å². The van der Waals surface area contributed by atoms with Crippen molar-refractivity contribution in [2.24, 2.45) is 11.8 Å². The fraction of sp³-hybridized carbons (Fsp3) is 0.760. The summed E-state index contributed by atoms with van der Waals surface area (Å²) in [7, 11) is 0. The van der Waals surface area contributed by atoms with Crippen LogP contribution in [-0.4, -0.2) is 78.1 Å². The number of terminal acetylenes is 1. The highest BCUT2D eigenvalue weighted by atomic mass is 16.6. The monoisotopic (exact) mass is 477 g/mol. The van der Waals surface area contributed by atoms with E-state index in [0.29, 0.717) is 44.9 Å². The van der Waals surface area contributed by atoms with Gasteiger partial charge in [-0.15, -0.1) is 12.3 Å². The highest BCUT2D eigenvalue weighted by Crippen LogP contribution is 2.24. The topological polar surface area (TPSA) is 105 Å². The Morgan fingerprint density at radius 3 is 2.47 bits per heavy atom. The summed E-state index contributed by atoms with van der Waals surface area (Å²) in [5.41, 5.74) is -0.501. The number of piperidine rings is 1. The molecule has 0 aromatic heterocycles. The van der Waals surface area contributed by atoms with E-state index in [9.17, 15) is 19.2 Å². The number of carbonyl (C=O) groups excluding carboxylic acids is 4. The summed E-state index contributed by atoms with van der Waals surface area (Å²) in [4.78, 5) is 52.9. The highest BCUT2D eigenvalue weighted by molar-refractivity contribution is 5.86. The van der Waals surface area contributed by atoms with Gasteiger partial charge in [0.1, 0.15) is 11.6 Å². The second-order valence-electron chi connectivity index (χ2n) is 10.0. The third-order valence-electron chi connectivity index (χ3n) is 5.97. The van der Waals surface area contributed by atoms with Gasteiger partial charge in [0.05, 0.1) is 12.5 Å². The molecule has 1 N–H and O–H groups in total. The third-order valence-corrected chi connectivity index (χ3v) is 5.97. The van der Waals surface area contributed by atoms with Gasteiger partial charge in [0.15, 0.2) is 0 Å². The van der Waals surface area contributed by atoms with E-state index in [-0.39, 0.29) is 36.9 Å². The van der Waals surface area contributed by atoms with Gasteiger partial charge in [0.2, 0.25) is 11.8 Å². The zero-order valence-corrected chi connectivity index (χ0v) is 20.9. The number of hydrogen-bond acceptors (Lipinski definition) is 6. The molecule has 0 aromatic carbocycles. The smallest absolute Gasteiger partial charge is 0.410 e. The first-order valence-corrected chi connectivity index (χ1v) is 12.2. The maximum absolute atomic E-state index is 12.7. The summed E-state index contributed by atoms with van der Waals surface area (Å²) in [6.45, 7) is 9.73. The Hall–Kier alpha value is -2.76. The molecule has 2 saturated heterocycles. The molecule has 9 nitrogen and oxygen atoms in total. The van der Waals surface area contributed by atoms with Crippen LogP contribution >= 0.6 is 0 Å². The van der Waals surface area contributed by atoms with E-state index in [1.54, 1.807) is 16.7 Å². The predicted octanol–water partition coefficient (Wildman–Crippen LogP) is 2.33. The van der Waals surface area contributed by atoms with Gasteiger partial charge in [-0.2, -0.15) is 0 Å². The van der Waals surface area contributed by atoms with Gasteiger partial charge in [-0.1, -0.05) is 0 Å². The molecule has 3 amide bonds. The van der Waals surface area contributed by atoms with Gasteiger partial charge in [-0.3, -0.25) is 9.59 Å². The molecule has 0 radical (unpaired) electrons. The number of amides is 3. The first-order chi connectivity index (χ1) is 16.0. The van der Waals surface area contributed by atoms with Gasteiger partial charge in [0.25, 0.3) is 0 Å². The van der Waals surface area contributed by atoms with Crippen LogP contribution in [0.5, 0.6) is 0 Å². The molecule has 2 atom stereocenters. The van der Waals surface area contributed by atoms with E-state index < -0.39 is 17.6 Å². The molecule has 0 spiro atoms. The van der Waals surface area contributed by atoms with Crippen molar-refractivity contribution in [1.82, 2.24) is 15.1 Å². The SMILES string of the molecule is C#CC[C@H](NC(=O)[C@@H]1CCCN(C(=O)CCCC2CN(C(=O)OC(C)(C)C)C2)C1)C(=O)OCC. The standard InChI is InChI=1S/C25H39N3O6/c1-6-10-20(23(31)33-7-2)26-22(30)19-12-9-14-27(17-19)21(29)13-8-11-18-15-28(16-18)24(32)34-25(3,4)5/h1,18-20H,7-17H2,2-5H3,(H,26,30)/t19-,20+/m1/s1. The molecule has 2 aliphatic heterocycles. The van der Waals surface area contributed by atoms with E-state index in [2.05, 4.69) is 11.2 Å². The summed E-state index contributed by atoms with van der Waals surface area (Å²) >= 11 is 0. The first kappa shape index (κ1) is 27.5. The van der Waals surface area contributed by atoms with Crippen molar-refractivity contribution < 1.29 is 28.7 Å². The molecule has 0 bridgehead atoms. The number of hydrogen-bond donors (Lipinski definition) is 1. The molecule has 0 unspecified atom stereocenters. The molecular formula is C25H39N3O6. The summed E-state index contributed by atoms with van der Waals surface area (Å²) in [5.74, 6) is 1.62. The van der Waals surface area contributed by atoms with Crippen LogP contribution < -0.4 is 5.32 Å². The minimum Gasteiger partial charge on any atom is -0.464 e. The molecule has 2 aliphatic rings. The molecule has 2 heterocycles. The van der Waals surface area contributed by atoms with Crippen LogP contribution in [0.2, 0.25) is 0 Å². The average molecular weight is 478 g/mol. The Bertz CT molecular complexity index is 779. The Kier molecular flexibility index (Phi) is 10.2. The van der Waals surface area contributed by atoms with Crippen LogP contribution in [0.4, 0.5) is 4.79 Å². The molecule has 190 valence electrons. The lowest BCUT2D eigenvalue weighted by Crippen LogP contribution is -2.51. The number of nitrogens with zero attached hydrogens (tertiary/aromatic N) is 2. The number of carbonyl (C=O) groups is 4. The maximum atomic E-state index is 12.7. The average Bonchev–Trinajstić information content (AvgIpc) is 2.73. The second-order valence-corrected chi connectivity index (χ2v) is 10.0. The lowest BCUT2D eigenvalue weighted by atomic mass is 9.93. The minimum atomic E-state index is -0.869. The fourth-order valence-corrected chi connectivity index (χ4v) is 4.19. The van der Waals surface area contributed by atoms with Crippen LogP contribution in [0.1, 0.15) is 66.2 Å². The minimum absolute atomic E-state index is 0.0337. The van der Waals surface area contributed by atoms with Crippen molar-refractivity contribution in [3.05, 3.63) is 0 Å². The van der Waals surface area contributed by atoms with Crippen molar-refractivity contribution in [3.63, 3.8) is 0 Å². The largest absolute Gasteiger partial charge is 0.464 e. The summed E-state index contributed by atoms with van der Waals surface area (Å²) < 4.78 is 10.3. The van der Waals surface area contributed by atoms with E-state index >= 15 is 0 Å². The molecule has 2 rings (SSSR count). The predicted molar refractivity (Wildman–Crippen MR) is 126 cm³/mol. The third kappa shape index (κ3) is 8.54. The maximum Gasteiger partial charge on any atom is 0.410 e. The van der Waals surface area contributed by atoms with Crippen LogP contribution in [0.3, 0.4) is 0 Å². The number of ether oxygens (including phenoxy) is 2. The van der Waals surface area contributed by atoms with Gasteiger partial charge >= 0.3 is 12.1 Å². The molecule has 0 saturated carbocycles. The Balaban J connectivity index is 1.72. The van der Waals surface area contributed by atoms with Gasteiger partial charge in [0, 0.05) is 39.0 Å². The molecule has 9 heteroatoms. The Morgan fingerprint density at radius 2 is 1.85 bits per heavy atom. The second kappa shape index (κ2) is 12.6. The fourth-order valence-electron chi connectivity index (χ4n) is 4.19. The lowest BCUT2D eigenvalue weighted by molar-refractivity contribution is -0.148. The van der Waals surface area contributed by atoms with Crippen molar-refractivity contribution in [2.75, 3.05) is 32.8 Å². The normalized spacial score (nSPS) is 19.4. The summed E-state index contributed by atoms with van der Waals surface area (Å²) in [5, 5.41) is 2.70. The van der Waals surface area contributed by atoms with Crippen LogP contribution in [-0.2, 0) is 23.9 Å². The van der Waals surface area contributed by atoms with Crippen molar-refractivity contribution >= 4 is 23.9 Å². The summed E-state index contributed by atoms with van der Waals surface area (Å²) in [6, 6.07) is -0.869. The number of esters is 1. The highest BCUT2D eigenvalue weighted by Gasteiger charge is 2.34. The van der Waals surface area contributed by atoms with Crippen molar-refractivity contribution in [1.29, 1.82) is 0 Å². The lowest BCUT2D eigenvalue weighted by Gasteiger charge is -2.40. The number of nitrogens with one attached hydrogen (secondary N) is 1. The van der Waals surface area contributed by atoms with Crippen LogP contribution in [0.25, 0.3) is 0 Å². The quantitative estimate of drug-likeness (QED) is 0.404. The van der Waals surface area contributed by atoms with Crippen LogP contribution in [0, 0.1) is 24.2 Å². The van der Waals surface area contributed by atoms with Crippen molar-refractivity contribution in [2.45, 2.75) is 77.9 Å². The molecular weight excluding hydrogens is 438 g/mol. The van der Waals surface area contributed by atoms with E-state index in [1.807, 2.05) is 20.8 Å². The van der Waals surface area contributed by atoms with Crippen molar-refractivity contribution in [3.8, 4) is 12.3 Å². The molecule has 34 heavy (non-hydrogen) atoms. The van der Waals surface area contributed by atoms with E-state index in [1.165, 1.54) is 0 Å². The summed E-state index contributed by atoms with van der Waals surface area (Å²) in [6.07, 6.45) is 8.51. The Labute approximate surface area is 202 Å².